The number of likely N-dealkylation sites (tertiary alicyclic amines) is 1. The highest BCUT2D eigenvalue weighted by molar-refractivity contribution is 5.45. The lowest BCUT2D eigenvalue weighted by molar-refractivity contribution is 0.229. The Balaban J connectivity index is 1.92. The summed E-state index contributed by atoms with van der Waals surface area (Å²) in [5, 5.41) is 3.47. The number of nitrogens with zero attached hydrogens (tertiary/aromatic N) is 3. The normalized spacial score (nSPS) is 17.1. The number of aromatic nitrogens is 2. The predicted octanol–water partition coefficient (Wildman–Crippen LogP) is 2.33. The van der Waals surface area contributed by atoms with E-state index in [2.05, 4.69) is 26.8 Å². The average Bonchev–Trinajstić information content (AvgIpc) is 2.43. The second kappa shape index (κ2) is 7.24. The van der Waals surface area contributed by atoms with E-state index in [0.29, 0.717) is 11.9 Å². The number of nitrogens with one attached hydrogen (secondary N) is 1. The maximum atomic E-state index is 5.69. The first-order valence-electron chi connectivity index (χ1n) is 7.26. The van der Waals surface area contributed by atoms with Gasteiger partial charge >= 0.3 is 0 Å². The van der Waals surface area contributed by atoms with Crippen molar-refractivity contribution in [3.63, 3.8) is 0 Å². The lowest BCUT2D eigenvalue weighted by Crippen LogP contribution is -2.39. The van der Waals surface area contributed by atoms with Crippen LogP contribution in [-0.4, -0.2) is 46.6 Å². The third-order valence-electron chi connectivity index (χ3n) is 3.33. The van der Waals surface area contributed by atoms with E-state index in [1.165, 1.54) is 0 Å². The summed E-state index contributed by atoms with van der Waals surface area (Å²) in [4.78, 5) is 11.0. The van der Waals surface area contributed by atoms with Gasteiger partial charge in [0.1, 0.15) is 0 Å². The van der Waals surface area contributed by atoms with Crippen molar-refractivity contribution in [1.29, 1.82) is 0 Å². The Morgan fingerprint density at radius 3 is 2.75 bits per heavy atom. The molecule has 1 aromatic heterocycles. The van der Waals surface area contributed by atoms with E-state index in [-0.39, 0.29) is 6.10 Å². The van der Waals surface area contributed by atoms with E-state index < -0.39 is 0 Å². The van der Waals surface area contributed by atoms with E-state index in [9.17, 15) is 0 Å². The van der Waals surface area contributed by atoms with E-state index in [1.807, 2.05) is 19.9 Å². The largest absolute Gasteiger partial charge is 0.472 e. The molecule has 2 heterocycles. The third kappa shape index (κ3) is 4.20. The van der Waals surface area contributed by atoms with Gasteiger partial charge in [0.05, 0.1) is 6.10 Å². The van der Waals surface area contributed by atoms with Gasteiger partial charge in [-0.05, 0) is 26.7 Å². The molecule has 0 aromatic carbocycles. The van der Waals surface area contributed by atoms with Gasteiger partial charge in [-0.2, -0.15) is 0 Å². The summed E-state index contributed by atoms with van der Waals surface area (Å²) in [6.07, 6.45) is 7.63. The smallest absolute Gasteiger partial charge is 0.257 e. The van der Waals surface area contributed by atoms with Crippen LogP contribution >= 0.6 is 0 Å². The molecule has 1 fully saturated rings. The summed E-state index contributed by atoms with van der Waals surface area (Å²) >= 11 is 0. The molecule has 5 nitrogen and oxygen atoms in total. The Morgan fingerprint density at radius 2 is 2.10 bits per heavy atom. The van der Waals surface area contributed by atoms with Crippen LogP contribution in [0, 0.1) is 0 Å². The number of piperidine rings is 1. The monoisotopic (exact) mass is 276 g/mol. The Kier molecular flexibility index (Phi) is 5.35. The highest BCUT2D eigenvalue weighted by Gasteiger charge is 2.20. The molecule has 0 amide bonds. The van der Waals surface area contributed by atoms with Gasteiger partial charge in [0, 0.05) is 38.1 Å². The summed E-state index contributed by atoms with van der Waals surface area (Å²) in [5.41, 5.74) is 0. The van der Waals surface area contributed by atoms with Crippen molar-refractivity contribution in [2.75, 3.05) is 25.0 Å². The van der Waals surface area contributed by atoms with E-state index in [1.54, 1.807) is 12.4 Å². The fraction of sp³-hybridized carbons (Fsp3) is 0.600. The van der Waals surface area contributed by atoms with Crippen LogP contribution in [0.1, 0.15) is 26.7 Å². The van der Waals surface area contributed by atoms with Gasteiger partial charge in [-0.3, -0.25) is 4.90 Å². The first kappa shape index (κ1) is 14.8. The number of hydrogen-bond donors (Lipinski definition) is 1. The second-order valence-corrected chi connectivity index (χ2v) is 5.38. The van der Waals surface area contributed by atoms with Crippen LogP contribution in [0.4, 0.5) is 5.82 Å². The second-order valence-electron chi connectivity index (χ2n) is 5.38. The molecule has 0 bridgehead atoms. The molecule has 5 heteroatoms. The topological polar surface area (TPSA) is 50.3 Å². The van der Waals surface area contributed by atoms with Gasteiger partial charge in [0.2, 0.25) is 0 Å². The third-order valence-corrected chi connectivity index (χ3v) is 3.33. The summed E-state index contributed by atoms with van der Waals surface area (Å²) in [5.74, 6) is 1.35. The minimum Gasteiger partial charge on any atom is -0.472 e. The van der Waals surface area contributed by atoms with Crippen LogP contribution in [0.5, 0.6) is 5.88 Å². The minimum absolute atomic E-state index is 0.0988. The van der Waals surface area contributed by atoms with Gasteiger partial charge in [-0.15, -0.1) is 6.58 Å². The van der Waals surface area contributed by atoms with Gasteiger partial charge in [-0.1, -0.05) is 6.08 Å². The number of ether oxygens (including phenoxy) is 1. The van der Waals surface area contributed by atoms with E-state index in [4.69, 9.17) is 4.74 Å². The Hall–Kier alpha value is -1.62. The highest BCUT2D eigenvalue weighted by Crippen LogP contribution is 2.22. The standard InChI is InChI=1S/C15H24N4O/c1-4-9-19-10-5-13(6-11-19)18-14-15(20-12(2)3)17-8-7-16-14/h4,7-8,12-13H,1,5-6,9-11H2,2-3H3,(H,16,18). The Morgan fingerprint density at radius 1 is 1.40 bits per heavy atom. The Labute approximate surface area is 121 Å². The van der Waals surface area contributed by atoms with Gasteiger partial charge in [0.15, 0.2) is 5.82 Å². The van der Waals surface area contributed by atoms with Crippen LogP contribution in [-0.2, 0) is 0 Å². The maximum absolute atomic E-state index is 5.69. The van der Waals surface area contributed by atoms with Crippen LogP contribution in [0.2, 0.25) is 0 Å². The molecule has 1 N–H and O–H groups in total. The zero-order valence-electron chi connectivity index (χ0n) is 12.4. The molecule has 1 saturated heterocycles. The first-order valence-corrected chi connectivity index (χ1v) is 7.26. The van der Waals surface area contributed by atoms with Crippen molar-refractivity contribution in [2.24, 2.45) is 0 Å². The van der Waals surface area contributed by atoms with Gasteiger partial charge < -0.3 is 10.1 Å². The molecule has 0 radical (unpaired) electrons. The molecule has 0 aliphatic carbocycles. The van der Waals surface area contributed by atoms with Gasteiger partial charge in [-0.25, -0.2) is 9.97 Å². The maximum Gasteiger partial charge on any atom is 0.257 e. The molecule has 110 valence electrons. The average molecular weight is 276 g/mol. The zero-order chi connectivity index (χ0) is 14.4. The molecule has 0 atom stereocenters. The van der Waals surface area contributed by atoms with Crippen LogP contribution in [0.3, 0.4) is 0 Å². The van der Waals surface area contributed by atoms with Crippen molar-refractivity contribution < 1.29 is 4.74 Å². The van der Waals surface area contributed by atoms with Crippen molar-refractivity contribution in [3.05, 3.63) is 25.0 Å². The summed E-state index contributed by atoms with van der Waals surface area (Å²) < 4.78 is 5.69. The summed E-state index contributed by atoms with van der Waals surface area (Å²) in [6, 6.07) is 0.433. The molecule has 1 aliphatic rings. The quantitative estimate of drug-likeness (QED) is 0.808. The SMILES string of the molecule is C=CCN1CCC(Nc2nccnc2OC(C)C)CC1. The van der Waals surface area contributed by atoms with E-state index in [0.717, 1.165) is 38.3 Å². The van der Waals surface area contributed by atoms with Crippen molar-refractivity contribution in [2.45, 2.75) is 38.8 Å². The first-order chi connectivity index (χ1) is 9.69. The zero-order valence-corrected chi connectivity index (χ0v) is 12.4. The number of rotatable bonds is 6. The van der Waals surface area contributed by atoms with E-state index >= 15 is 0 Å². The Bertz CT molecular complexity index is 428. The predicted molar refractivity (Wildman–Crippen MR) is 81.1 cm³/mol. The molecule has 0 spiro atoms. The molecule has 0 saturated carbocycles. The lowest BCUT2D eigenvalue weighted by Gasteiger charge is -2.32. The molecule has 0 unspecified atom stereocenters. The van der Waals surface area contributed by atoms with Crippen molar-refractivity contribution in [1.82, 2.24) is 14.9 Å². The lowest BCUT2D eigenvalue weighted by atomic mass is 10.1. The summed E-state index contributed by atoms with van der Waals surface area (Å²) in [7, 11) is 0. The fourth-order valence-electron chi connectivity index (χ4n) is 2.37. The number of anilines is 1. The van der Waals surface area contributed by atoms with Gasteiger partial charge in [0.25, 0.3) is 5.88 Å². The fourth-order valence-corrected chi connectivity index (χ4v) is 2.37. The molecule has 1 aromatic rings. The van der Waals surface area contributed by atoms with Crippen molar-refractivity contribution in [3.8, 4) is 5.88 Å². The molecule has 1 aliphatic heterocycles. The highest BCUT2D eigenvalue weighted by atomic mass is 16.5. The van der Waals surface area contributed by atoms with Crippen LogP contribution < -0.4 is 10.1 Å². The molecular weight excluding hydrogens is 252 g/mol. The minimum atomic E-state index is 0.0988. The molecule has 2 rings (SSSR count). The van der Waals surface area contributed by atoms with Crippen LogP contribution in [0.25, 0.3) is 0 Å². The molecule has 20 heavy (non-hydrogen) atoms. The molecular formula is C15H24N4O. The van der Waals surface area contributed by atoms with Crippen molar-refractivity contribution >= 4 is 5.82 Å². The number of hydrogen-bond acceptors (Lipinski definition) is 5. The summed E-state index contributed by atoms with van der Waals surface area (Å²) in [6.45, 7) is 10.9. The van der Waals surface area contributed by atoms with Crippen LogP contribution in [0.15, 0.2) is 25.0 Å².